The summed E-state index contributed by atoms with van der Waals surface area (Å²) in [6, 6.07) is 8.16. The van der Waals surface area contributed by atoms with Gasteiger partial charge in [-0.15, -0.1) is 0 Å². The van der Waals surface area contributed by atoms with Crippen molar-refractivity contribution in [3.05, 3.63) is 41.7 Å². The molecule has 1 amide bonds. The largest absolute Gasteiger partial charge is 0.495 e. The average molecular weight is 446 g/mol. The molecular formula is C24H27N7O2. The van der Waals surface area contributed by atoms with E-state index in [0.717, 1.165) is 47.0 Å². The predicted octanol–water partition coefficient (Wildman–Crippen LogP) is 1.98. The molecule has 9 heteroatoms. The molecule has 4 atom stereocenters. The van der Waals surface area contributed by atoms with Crippen molar-refractivity contribution >= 4 is 16.8 Å². The fraction of sp³-hybridized carbons (Fsp3) is 0.417. The maximum atomic E-state index is 12.4. The number of aromatic nitrogens is 3. The first-order valence-electron chi connectivity index (χ1n) is 11.2. The Bertz CT molecular complexity index is 1260. The lowest BCUT2D eigenvalue weighted by molar-refractivity contribution is -0.133. The molecule has 1 saturated carbocycles. The van der Waals surface area contributed by atoms with Crippen LogP contribution in [0.25, 0.3) is 22.2 Å². The van der Waals surface area contributed by atoms with Crippen LogP contribution in [0.1, 0.15) is 36.3 Å². The van der Waals surface area contributed by atoms with Gasteiger partial charge in [-0.25, -0.2) is 5.43 Å². The zero-order valence-electron chi connectivity index (χ0n) is 18.7. The van der Waals surface area contributed by atoms with E-state index in [4.69, 9.17) is 10.5 Å². The molecule has 0 bridgehead atoms. The van der Waals surface area contributed by atoms with Crippen molar-refractivity contribution in [2.24, 2.45) is 24.6 Å². The molecule has 1 aliphatic carbocycles. The summed E-state index contributed by atoms with van der Waals surface area (Å²) in [7, 11) is 3.49. The number of carbonyl (C=O) groups excluding carboxylic acids is 1. The summed E-state index contributed by atoms with van der Waals surface area (Å²) in [5.74, 6) is 1.02. The summed E-state index contributed by atoms with van der Waals surface area (Å²) < 4.78 is 7.17. The number of aryl methyl sites for hydroxylation is 1. The van der Waals surface area contributed by atoms with Crippen LogP contribution in [-0.2, 0) is 11.8 Å². The van der Waals surface area contributed by atoms with Crippen LogP contribution < -0.4 is 21.3 Å². The zero-order valence-corrected chi connectivity index (χ0v) is 18.7. The third-order valence-corrected chi connectivity index (χ3v) is 7.24. The maximum Gasteiger partial charge on any atom is 0.237 e. The second kappa shape index (κ2) is 8.46. The molecule has 5 rings (SSSR count). The number of nitrogens with two attached hydrogens (primary N) is 1. The van der Waals surface area contributed by atoms with E-state index in [1.807, 2.05) is 36.1 Å². The summed E-state index contributed by atoms with van der Waals surface area (Å²) in [6.45, 7) is 0.464. The average Bonchev–Trinajstić information content (AvgIpc) is 3.24. The lowest BCUT2D eigenvalue weighted by Crippen LogP contribution is -2.62. The Kier molecular flexibility index (Phi) is 5.48. The number of ether oxygens (including phenoxy) is 1. The number of amides is 1. The molecule has 4 unspecified atom stereocenters. The van der Waals surface area contributed by atoms with Crippen LogP contribution in [0.3, 0.4) is 0 Å². The molecule has 1 aliphatic heterocycles. The highest BCUT2D eigenvalue weighted by molar-refractivity contribution is 5.93. The van der Waals surface area contributed by atoms with Crippen molar-refractivity contribution in [3.8, 4) is 23.1 Å². The van der Waals surface area contributed by atoms with Crippen LogP contribution in [0, 0.1) is 23.2 Å². The number of nitrogens with one attached hydrogen (secondary N) is 2. The van der Waals surface area contributed by atoms with Gasteiger partial charge in [-0.2, -0.15) is 10.4 Å². The summed E-state index contributed by atoms with van der Waals surface area (Å²) in [5, 5.41) is 15.4. The van der Waals surface area contributed by atoms with Gasteiger partial charge in [-0.05, 0) is 49.3 Å². The molecular weight excluding hydrogens is 418 g/mol. The van der Waals surface area contributed by atoms with E-state index in [1.54, 1.807) is 13.3 Å². The number of hydrogen-bond donors (Lipinski definition) is 3. The number of carbonyl (C=O) groups is 1. The number of hydrogen-bond acceptors (Lipinski definition) is 7. The maximum absolute atomic E-state index is 12.4. The molecule has 2 fully saturated rings. The summed E-state index contributed by atoms with van der Waals surface area (Å²) in [6.07, 6.45) is 6.09. The third-order valence-electron chi connectivity index (χ3n) is 7.24. The Hall–Kier alpha value is -3.48. The van der Waals surface area contributed by atoms with Crippen molar-refractivity contribution in [2.75, 3.05) is 13.7 Å². The predicted molar refractivity (Wildman–Crippen MR) is 123 cm³/mol. The van der Waals surface area contributed by atoms with Crippen LogP contribution in [0.5, 0.6) is 5.75 Å². The number of methoxy groups -OCH3 is 1. The molecule has 3 aromatic rings. The number of nitriles is 1. The van der Waals surface area contributed by atoms with Crippen molar-refractivity contribution in [1.29, 1.82) is 5.26 Å². The summed E-state index contributed by atoms with van der Waals surface area (Å²) in [5.41, 5.74) is 16.0. The molecule has 0 radical (unpaired) electrons. The van der Waals surface area contributed by atoms with E-state index in [9.17, 15) is 10.1 Å². The SMILES string of the molecule is COc1cnc2ccc(-c3c(C4CCC5C(=O)NNC(CN)C5C4)cnn3C)c(C#N)c2c1. The van der Waals surface area contributed by atoms with Gasteiger partial charge in [0.2, 0.25) is 5.91 Å². The van der Waals surface area contributed by atoms with Gasteiger partial charge in [-0.1, -0.05) is 0 Å². The third kappa shape index (κ3) is 3.52. The molecule has 2 aromatic heterocycles. The van der Waals surface area contributed by atoms with Gasteiger partial charge in [0.1, 0.15) is 11.8 Å². The van der Waals surface area contributed by atoms with E-state index in [-0.39, 0.29) is 29.7 Å². The molecule has 170 valence electrons. The molecule has 1 saturated heterocycles. The Balaban J connectivity index is 1.58. The number of pyridine rings is 1. The first kappa shape index (κ1) is 21.4. The molecule has 3 heterocycles. The highest BCUT2D eigenvalue weighted by Gasteiger charge is 2.43. The lowest BCUT2D eigenvalue weighted by Gasteiger charge is -2.43. The molecule has 4 N–H and O–H groups in total. The van der Waals surface area contributed by atoms with Gasteiger partial charge in [0.05, 0.1) is 36.3 Å². The van der Waals surface area contributed by atoms with Crippen LogP contribution >= 0.6 is 0 Å². The van der Waals surface area contributed by atoms with E-state index >= 15 is 0 Å². The fourth-order valence-electron chi connectivity index (χ4n) is 5.55. The van der Waals surface area contributed by atoms with Crippen LogP contribution in [0.2, 0.25) is 0 Å². The summed E-state index contributed by atoms with van der Waals surface area (Å²) in [4.78, 5) is 16.8. The van der Waals surface area contributed by atoms with Crippen molar-refractivity contribution in [2.45, 2.75) is 31.2 Å². The Morgan fingerprint density at radius 2 is 2.18 bits per heavy atom. The van der Waals surface area contributed by atoms with Gasteiger partial charge < -0.3 is 10.5 Å². The summed E-state index contributed by atoms with van der Waals surface area (Å²) >= 11 is 0. The standard InChI is InChI=1S/C24H27N7O2/c1-31-23(15-5-6-21-18(19(15)9-25)8-14(33-2)11-27-21)20(12-28-31)13-3-4-16-17(7-13)22(10-26)29-30-24(16)32/h5-6,8,11-13,16-17,22,29H,3-4,7,10,26H2,1-2H3,(H,30,32). The molecule has 9 nitrogen and oxygen atoms in total. The van der Waals surface area contributed by atoms with Gasteiger partial charge in [-0.3, -0.25) is 19.9 Å². The molecule has 2 aliphatic rings. The minimum Gasteiger partial charge on any atom is -0.495 e. The smallest absolute Gasteiger partial charge is 0.237 e. The van der Waals surface area contributed by atoms with Crippen molar-refractivity contribution in [3.63, 3.8) is 0 Å². The topological polar surface area (TPSA) is 131 Å². The number of benzene rings is 1. The molecule has 0 spiro atoms. The Morgan fingerprint density at radius 1 is 1.33 bits per heavy atom. The van der Waals surface area contributed by atoms with E-state index in [0.29, 0.717) is 17.9 Å². The quantitative estimate of drug-likeness (QED) is 0.560. The normalized spacial score (nSPS) is 24.7. The first-order chi connectivity index (χ1) is 16.0. The highest BCUT2D eigenvalue weighted by atomic mass is 16.5. The Morgan fingerprint density at radius 3 is 2.94 bits per heavy atom. The number of hydrazine groups is 1. The van der Waals surface area contributed by atoms with Gasteiger partial charge >= 0.3 is 0 Å². The van der Waals surface area contributed by atoms with Crippen molar-refractivity contribution < 1.29 is 9.53 Å². The van der Waals surface area contributed by atoms with Gasteiger partial charge in [0.25, 0.3) is 0 Å². The van der Waals surface area contributed by atoms with Crippen LogP contribution in [-0.4, -0.2) is 40.4 Å². The van der Waals surface area contributed by atoms with Gasteiger partial charge in [0.15, 0.2) is 0 Å². The van der Waals surface area contributed by atoms with Crippen LogP contribution in [0.4, 0.5) is 0 Å². The number of nitrogens with zero attached hydrogens (tertiary/aromatic N) is 4. The minimum atomic E-state index is -0.0231. The lowest BCUT2D eigenvalue weighted by atomic mass is 9.68. The van der Waals surface area contributed by atoms with E-state index < -0.39 is 0 Å². The minimum absolute atomic E-state index is 0.0231. The van der Waals surface area contributed by atoms with Crippen molar-refractivity contribution in [1.82, 2.24) is 25.6 Å². The van der Waals surface area contributed by atoms with E-state index in [1.165, 1.54) is 0 Å². The van der Waals surface area contributed by atoms with Gasteiger partial charge in [0, 0.05) is 42.1 Å². The Labute approximate surface area is 191 Å². The van der Waals surface area contributed by atoms with E-state index in [2.05, 4.69) is 27.0 Å². The number of fused-ring (bicyclic) bond motifs is 2. The highest BCUT2D eigenvalue weighted by Crippen LogP contribution is 2.45. The molecule has 33 heavy (non-hydrogen) atoms. The van der Waals surface area contributed by atoms with Crippen LogP contribution in [0.15, 0.2) is 30.6 Å². The second-order valence-corrected chi connectivity index (χ2v) is 8.87. The fourth-order valence-corrected chi connectivity index (χ4v) is 5.55. The monoisotopic (exact) mass is 445 g/mol. The molecule has 1 aromatic carbocycles. The zero-order chi connectivity index (χ0) is 23.1. The first-order valence-corrected chi connectivity index (χ1v) is 11.2. The second-order valence-electron chi connectivity index (χ2n) is 8.87. The number of rotatable bonds is 4.